The highest BCUT2D eigenvalue weighted by molar-refractivity contribution is 5.76. The first-order valence-electron chi connectivity index (χ1n) is 11.6. The lowest BCUT2D eigenvalue weighted by Crippen LogP contribution is -2.37. The average molecular weight is 514 g/mol. The van der Waals surface area contributed by atoms with Gasteiger partial charge in [0.2, 0.25) is 0 Å². The highest BCUT2D eigenvalue weighted by atomic mass is 16.8. The molecule has 1 aromatic rings. The number of esters is 1. The topological polar surface area (TPSA) is 159 Å². The van der Waals surface area contributed by atoms with E-state index in [1.807, 2.05) is 13.8 Å². The number of nitrogens with two attached hydrogens (primary N) is 1. The van der Waals surface area contributed by atoms with Crippen molar-refractivity contribution in [2.75, 3.05) is 13.7 Å². The number of ether oxygens (including phenoxy) is 7. The highest BCUT2D eigenvalue weighted by Crippen LogP contribution is 2.30. The fourth-order valence-corrected chi connectivity index (χ4v) is 2.47. The zero-order valence-corrected chi connectivity index (χ0v) is 21.4. The van der Waals surface area contributed by atoms with Gasteiger partial charge in [0.1, 0.15) is 31.0 Å². The second-order valence-electron chi connectivity index (χ2n) is 7.98. The first-order chi connectivity index (χ1) is 17.0. The van der Waals surface area contributed by atoms with Crippen LogP contribution in [-0.4, -0.2) is 62.5 Å². The molecule has 12 heteroatoms. The van der Waals surface area contributed by atoms with Gasteiger partial charge >= 0.3 is 24.4 Å². The average Bonchev–Trinajstić information content (AvgIpc) is 2.83. The molecule has 0 aliphatic rings. The van der Waals surface area contributed by atoms with Crippen LogP contribution in [0.3, 0.4) is 0 Å². The molecule has 0 amide bonds. The Labute approximate surface area is 210 Å². The van der Waals surface area contributed by atoms with Gasteiger partial charge in [-0.3, -0.25) is 4.79 Å². The Bertz CT molecular complexity index is 889. The van der Waals surface area contributed by atoms with Gasteiger partial charge in [-0.2, -0.15) is 0 Å². The number of rotatable bonds is 12. The number of carbonyl (C=O) groups excluding carboxylic acids is 4. The Morgan fingerprint density at radius 2 is 1.36 bits per heavy atom. The molecule has 2 unspecified atom stereocenters. The van der Waals surface area contributed by atoms with E-state index in [4.69, 9.17) is 34.2 Å². The van der Waals surface area contributed by atoms with Crippen molar-refractivity contribution in [3.63, 3.8) is 0 Å². The zero-order chi connectivity index (χ0) is 27.3. The normalized spacial score (nSPS) is 13.9. The monoisotopic (exact) mass is 513 g/mol. The molecule has 0 aliphatic carbocycles. The van der Waals surface area contributed by atoms with Gasteiger partial charge in [-0.25, -0.2) is 14.4 Å². The van der Waals surface area contributed by atoms with Crippen LogP contribution in [0.4, 0.5) is 14.4 Å². The SMILES string of the molecule is CCC(C)OC(=O)Oc1cc(C[C@H](N)C(=O)OC(C)COC(=O)OC)ccc1OC(=O)O[C@@H](C)CC. The van der Waals surface area contributed by atoms with Gasteiger partial charge < -0.3 is 38.9 Å². The van der Waals surface area contributed by atoms with Crippen LogP contribution in [0.1, 0.15) is 53.0 Å². The van der Waals surface area contributed by atoms with Crippen molar-refractivity contribution < 1.29 is 52.3 Å². The van der Waals surface area contributed by atoms with Gasteiger partial charge in [-0.05, 0) is 57.7 Å². The van der Waals surface area contributed by atoms with E-state index in [2.05, 4.69) is 4.74 Å². The minimum absolute atomic E-state index is 0.00220. The van der Waals surface area contributed by atoms with Crippen LogP contribution in [0.25, 0.3) is 0 Å². The van der Waals surface area contributed by atoms with E-state index in [0.717, 1.165) is 7.11 Å². The van der Waals surface area contributed by atoms with Crippen LogP contribution in [0.5, 0.6) is 11.5 Å². The molecular weight excluding hydrogens is 478 g/mol. The largest absolute Gasteiger partial charge is 0.514 e. The van der Waals surface area contributed by atoms with Gasteiger partial charge in [0.25, 0.3) is 0 Å². The summed E-state index contributed by atoms with van der Waals surface area (Å²) >= 11 is 0. The number of methoxy groups -OCH3 is 1. The molecule has 202 valence electrons. The van der Waals surface area contributed by atoms with Crippen molar-refractivity contribution in [1.29, 1.82) is 0 Å². The van der Waals surface area contributed by atoms with E-state index >= 15 is 0 Å². The predicted molar refractivity (Wildman–Crippen MR) is 126 cm³/mol. The quantitative estimate of drug-likeness (QED) is 0.244. The van der Waals surface area contributed by atoms with Crippen molar-refractivity contribution in [1.82, 2.24) is 0 Å². The number of hydrogen-bond donors (Lipinski definition) is 1. The maximum atomic E-state index is 12.3. The summed E-state index contributed by atoms with van der Waals surface area (Å²) < 4.78 is 34.9. The first-order valence-corrected chi connectivity index (χ1v) is 11.6. The second kappa shape index (κ2) is 15.5. The van der Waals surface area contributed by atoms with Gasteiger partial charge in [-0.1, -0.05) is 19.9 Å². The van der Waals surface area contributed by atoms with E-state index in [-0.39, 0.29) is 30.6 Å². The lowest BCUT2D eigenvalue weighted by molar-refractivity contribution is -0.152. The molecule has 12 nitrogen and oxygen atoms in total. The molecule has 4 atom stereocenters. The lowest BCUT2D eigenvalue weighted by Gasteiger charge is -2.18. The molecule has 0 spiro atoms. The highest BCUT2D eigenvalue weighted by Gasteiger charge is 2.22. The summed E-state index contributed by atoms with van der Waals surface area (Å²) in [6, 6.07) is 3.22. The smallest absolute Gasteiger partial charge is 0.458 e. The minimum Gasteiger partial charge on any atom is -0.458 e. The van der Waals surface area contributed by atoms with Crippen molar-refractivity contribution in [2.45, 2.75) is 78.2 Å². The van der Waals surface area contributed by atoms with Crippen molar-refractivity contribution in [3.8, 4) is 11.5 Å². The Hall–Kier alpha value is -3.54. The molecule has 1 rings (SSSR count). The maximum absolute atomic E-state index is 12.3. The van der Waals surface area contributed by atoms with Crippen LogP contribution >= 0.6 is 0 Å². The molecule has 36 heavy (non-hydrogen) atoms. The number of benzene rings is 1. The van der Waals surface area contributed by atoms with Gasteiger partial charge in [0, 0.05) is 0 Å². The van der Waals surface area contributed by atoms with Gasteiger partial charge in [-0.15, -0.1) is 0 Å². The van der Waals surface area contributed by atoms with Crippen LogP contribution in [0.15, 0.2) is 18.2 Å². The molecular formula is C24H35NO11. The molecule has 0 aliphatic heterocycles. The van der Waals surface area contributed by atoms with Crippen LogP contribution in [0.2, 0.25) is 0 Å². The van der Waals surface area contributed by atoms with Crippen molar-refractivity contribution in [2.24, 2.45) is 5.73 Å². The Morgan fingerprint density at radius 3 is 1.89 bits per heavy atom. The summed E-state index contributed by atoms with van der Waals surface area (Å²) in [7, 11) is 1.15. The third-order valence-corrected chi connectivity index (χ3v) is 4.82. The van der Waals surface area contributed by atoms with E-state index in [1.165, 1.54) is 25.1 Å². The Kier molecular flexibility index (Phi) is 13.1. The molecule has 0 saturated carbocycles. The van der Waals surface area contributed by atoms with Gasteiger partial charge in [0.15, 0.2) is 11.5 Å². The fraction of sp³-hybridized carbons (Fsp3) is 0.583. The molecule has 0 fully saturated rings. The van der Waals surface area contributed by atoms with Crippen LogP contribution < -0.4 is 15.2 Å². The third kappa shape index (κ3) is 11.3. The summed E-state index contributed by atoms with van der Waals surface area (Å²) in [5.74, 6) is -0.952. The van der Waals surface area contributed by atoms with Crippen molar-refractivity contribution >= 4 is 24.4 Å². The maximum Gasteiger partial charge on any atom is 0.514 e. The molecule has 0 bridgehead atoms. The van der Waals surface area contributed by atoms with E-state index in [1.54, 1.807) is 13.8 Å². The van der Waals surface area contributed by atoms with Crippen molar-refractivity contribution in [3.05, 3.63) is 23.8 Å². The third-order valence-electron chi connectivity index (χ3n) is 4.82. The van der Waals surface area contributed by atoms with E-state index in [0.29, 0.717) is 18.4 Å². The van der Waals surface area contributed by atoms with Gasteiger partial charge in [0.05, 0.1) is 7.11 Å². The summed E-state index contributed by atoms with van der Waals surface area (Å²) in [6.45, 7) is 8.39. The van der Waals surface area contributed by atoms with E-state index in [9.17, 15) is 19.2 Å². The summed E-state index contributed by atoms with van der Waals surface area (Å²) in [6.07, 6.45) is -3.25. The molecule has 0 saturated heterocycles. The predicted octanol–water partition coefficient (Wildman–Crippen LogP) is 3.90. The molecule has 0 heterocycles. The minimum atomic E-state index is -1.09. The standard InChI is InChI=1S/C24H35NO11/c1-7-14(3)33-23(28)35-19-10-9-17(12-20(19)36-24(29)34-15(4)8-2)11-18(25)21(26)32-16(5)13-31-22(27)30-6/h9-10,12,14-16,18H,7-8,11,13,25H2,1-6H3/t14-,15?,16?,18-/m0/s1. The van der Waals surface area contributed by atoms with E-state index < -0.39 is 42.7 Å². The number of carbonyl (C=O) groups is 4. The summed E-state index contributed by atoms with van der Waals surface area (Å²) in [5, 5.41) is 0. The molecule has 0 aromatic heterocycles. The fourth-order valence-electron chi connectivity index (χ4n) is 2.47. The number of hydrogen-bond acceptors (Lipinski definition) is 12. The molecule has 0 radical (unpaired) electrons. The van der Waals surface area contributed by atoms with Crippen LogP contribution in [-0.2, 0) is 34.9 Å². The molecule has 2 N–H and O–H groups in total. The summed E-state index contributed by atoms with van der Waals surface area (Å²) in [4.78, 5) is 47.6. The first kappa shape index (κ1) is 30.5. The second-order valence-corrected chi connectivity index (χ2v) is 7.98. The zero-order valence-electron chi connectivity index (χ0n) is 21.4. The summed E-state index contributed by atoms with van der Waals surface area (Å²) in [5.41, 5.74) is 6.44. The Morgan fingerprint density at radius 1 is 0.806 bits per heavy atom. The molecule has 1 aromatic carbocycles. The lowest BCUT2D eigenvalue weighted by atomic mass is 10.1. The Balaban J connectivity index is 2.95. The van der Waals surface area contributed by atoms with Crippen LogP contribution in [0, 0.1) is 0 Å².